The summed E-state index contributed by atoms with van der Waals surface area (Å²) in [6, 6.07) is 13.9. The minimum atomic E-state index is -0.821. The Morgan fingerprint density at radius 2 is 1.68 bits per heavy atom. The van der Waals surface area contributed by atoms with Crippen LogP contribution in [0.4, 0.5) is 0 Å². The molecule has 3 N–H and O–H groups in total. The smallest absolute Gasteiger partial charge is 0.325 e. The molecule has 0 radical (unpaired) electrons. The van der Waals surface area contributed by atoms with Crippen LogP contribution < -0.4 is 16.2 Å². The lowest BCUT2D eigenvalue weighted by Gasteiger charge is -2.09. The number of hydrazine groups is 1. The predicted molar refractivity (Wildman–Crippen MR) is 120 cm³/mol. The molecule has 0 saturated heterocycles. The molecule has 0 unspecified atom stereocenters. The van der Waals surface area contributed by atoms with Crippen LogP contribution in [0.5, 0.6) is 0 Å². The van der Waals surface area contributed by atoms with E-state index in [9.17, 15) is 19.2 Å². The Morgan fingerprint density at radius 1 is 0.968 bits per heavy atom. The standard InChI is InChI=1S/C20H15BrClN3O5S/c21-13-7-3-1-5-11(13)19(28)25-24-15(26)10-30-16(27)9-23-20(29)18-17(22)12-6-2-4-8-14(12)31-18/h1-8H,9-10H2,(H,23,29)(H,24,26)(H,25,28). The summed E-state index contributed by atoms with van der Waals surface area (Å²) >= 11 is 10.7. The minimum absolute atomic E-state index is 0.281. The fourth-order valence-electron chi connectivity index (χ4n) is 2.47. The molecular formula is C20H15BrClN3O5S. The zero-order valence-corrected chi connectivity index (χ0v) is 18.9. The summed E-state index contributed by atoms with van der Waals surface area (Å²) in [7, 11) is 0. The fourth-order valence-corrected chi connectivity index (χ4v) is 4.36. The van der Waals surface area contributed by atoms with Crippen LogP contribution in [0.15, 0.2) is 53.0 Å². The van der Waals surface area contributed by atoms with Crippen molar-refractivity contribution in [3.8, 4) is 0 Å². The third kappa shape index (κ3) is 5.81. The summed E-state index contributed by atoms with van der Waals surface area (Å²) in [6.45, 7) is -1.07. The van der Waals surface area contributed by atoms with Crippen molar-refractivity contribution >= 4 is 72.6 Å². The van der Waals surface area contributed by atoms with E-state index in [1.165, 1.54) is 11.3 Å². The molecule has 31 heavy (non-hydrogen) atoms. The van der Waals surface area contributed by atoms with Gasteiger partial charge in [-0.05, 0) is 34.1 Å². The number of hydrogen-bond acceptors (Lipinski definition) is 6. The lowest BCUT2D eigenvalue weighted by molar-refractivity contribution is -0.147. The van der Waals surface area contributed by atoms with Gasteiger partial charge in [0.05, 0.1) is 10.6 Å². The van der Waals surface area contributed by atoms with Crippen LogP contribution in [0.2, 0.25) is 5.02 Å². The number of hydrogen-bond donors (Lipinski definition) is 3. The van der Waals surface area contributed by atoms with Crippen molar-refractivity contribution in [1.29, 1.82) is 0 Å². The molecule has 0 aliphatic rings. The molecule has 0 fully saturated rings. The van der Waals surface area contributed by atoms with Gasteiger partial charge in [0.1, 0.15) is 11.4 Å². The zero-order chi connectivity index (χ0) is 22.4. The predicted octanol–water partition coefficient (Wildman–Crippen LogP) is 3.05. The third-order valence-corrected chi connectivity index (χ3v) is 6.30. The van der Waals surface area contributed by atoms with Gasteiger partial charge in [-0.3, -0.25) is 30.0 Å². The van der Waals surface area contributed by atoms with Gasteiger partial charge in [-0.2, -0.15) is 0 Å². The number of amides is 3. The molecule has 3 rings (SSSR count). The second-order valence-corrected chi connectivity index (χ2v) is 8.35. The fraction of sp³-hybridized carbons (Fsp3) is 0.100. The summed E-state index contributed by atoms with van der Waals surface area (Å²) in [6.07, 6.45) is 0. The summed E-state index contributed by atoms with van der Waals surface area (Å²) < 4.78 is 6.19. The Kier molecular flexibility index (Phi) is 7.61. The highest BCUT2D eigenvalue weighted by atomic mass is 79.9. The van der Waals surface area contributed by atoms with Crippen molar-refractivity contribution in [2.45, 2.75) is 0 Å². The number of benzene rings is 2. The number of fused-ring (bicyclic) bond motifs is 1. The maximum atomic E-state index is 12.3. The number of esters is 1. The molecule has 1 aromatic heterocycles. The van der Waals surface area contributed by atoms with Crippen LogP contribution in [-0.2, 0) is 14.3 Å². The molecule has 0 spiro atoms. The third-order valence-electron chi connectivity index (χ3n) is 3.93. The Morgan fingerprint density at radius 3 is 2.42 bits per heavy atom. The molecule has 0 aliphatic heterocycles. The molecule has 0 atom stereocenters. The van der Waals surface area contributed by atoms with E-state index in [2.05, 4.69) is 32.1 Å². The Labute approximate surface area is 194 Å². The van der Waals surface area contributed by atoms with E-state index in [1.807, 2.05) is 18.2 Å². The first kappa shape index (κ1) is 22.7. The van der Waals surface area contributed by atoms with Crippen LogP contribution >= 0.6 is 38.9 Å². The molecule has 3 aromatic rings. The van der Waals surface area contributed by atoms with Gasteiger partial charge in [-0.15, -0.1) is 11.3 Å². The quantitative estimate of drug-likeness (QED) is 0.339. The Balaban J connectivity index is 1.42. The SMILES string of the molecule is O=C(COC(=O)CNC(=O)c1sc2ccccc2c1Cl)NNC(=O)c1ccccc1Br. The van der Waals surface area contributed by atoms with E-state index >= 15 is 0 Å². The minimum Gasteiger partial charge on any atom is -0.454 e. The summed E-state index contributed by atoms with van der Waals surface area (Å²) in [5, 5.41) is 3.47. The molecule has 0 bridgehead atoms. The number of carbonyl (C=O) groups excluding carboxylic acids is 4. The van der Waals surface area contributed by atoms with Crippen molar-refractivity contribution in [2.75, 3.05) is 13.2 Å². The van der Waals surface area contributed by atoms with Gasteiger partial charge in [0.25, 0.3) is 17.7 Å². The van der Waals surface area contributed by atoms with Gasteiger partial charge in [-0.25, -0.2) is 0 Å². The molecule has 1 heterocycles. The molecular weight excluding hydrogens is 510 g/mol. The van der Waals surface area contributed by atoms with Gasteiger partial charge < -0.3 is 10.1 Å². The number of ether oxygens (including phenoxy) is 1. The van der Waals surface area contributed by atoms with Crippen molar-refractivity contribution < 1.29 is 23.9 Å². The average Bonchev–Trinajstić information content (AvgIpc) is 3.11. The topological polar surface area (TPSA) is 114 Å². The van der Waals surface area contributed by atoms with Gasteiger partial charge >= 0.3 is 5.97 Å². The highest BCUT2D eigenvalue weighted by Gasteiger charge is 2.18. The second kappa shape index (κ2) is 10.4. The van der Waals surface area contributed by atoms with Crippen LogP contribution in [0.3, 0.4) is 0 Å². The van der Waals surface area contributed by atoms with Crippen LogP contribution in [0.1, 0.15) is 20.0 Å². The van der Waals surface area contributed by atoms with Crippen molar-refractivity contribution in [3.05, 3.63) is 68.5 Å². The van der Waals surface area contributed by atoms with Crippen LogP contribution in [0.25, 0.3) is 10.1 Å². The first-order valence-corrected chi connectivity index (χ1v) is 10.8. The molecule has 0 saturated carbocycles. The molecule has 0 aliphatic carbocycles. The Hall–Kier alpha value is -2.95. The number of rotatable bonds is 6. The van der Waals surface area contributed by atoms with Crippen molar-refractivity contribution in [1.82, 2.24) is 16.2 Å². The number of nitrogens with one attached hydrogen (secondary N) is 3. The van der Waals surface area contributed by atoms with E-state index in [0.29, 0.717) is 15.1 Å². The lowest BCUT2D eigenvalue weighted by Crippen LogP contribution is -2.44. The van der Waals surface area contributed by atoms with Gasteiger partial charge in [0, 0.05) is 14.6 Å². The van der Waals surface area contributed by atoms with Crippen LogP contribution in [0, 0.1) is 0 Å². The largest absolute Gasteiger partial charge is 0.454 e. The normalized spacial score (nSPS) is 10.4. The first-order chi connectivity index (χ1) is 14.9. The zero-order valence-electron chi connectivity index (χ0n) is 15.7. The van der Waals surface area contributed by atoms with Gasteiger partial charge in [0.2, 0.25) is 0 Å². The number of carbonyl (C=O) groups is 4. The van der Waals surface area contributed by atoms with Gasteiger partial charge in [-0.1, -0.05) is 41.9 Å². The maximum Gasteiger partial charge on any atom is 0.325 e. The lowest BCUT2D eigenvalue weighted by atomic mass is 10.2. The Bertz CT molecular complexity index is 1170. The molecule has 8 nitrogen and oxygen atoms in total. The van der Waals surface area contributed by atoms with E-state index < -0.39 is 36.8 Å². The summed E-state index contributed by atoms with van der Waals surface area (Å²) in [5.41, 5.74) is 4.67. The first-order valence-electron chi connectivity index (χ1n) is 8.81. The van der Waals surface area contributed by atoms with Crippen molar-refractivity contribution in [3.63, 3.8) is 0 Å². The number of halogens is 2. The van der Waals surface area contributed by atoms with E-state index in [1.54, 1.807) is 30.3 Å². The maximum absolute atomic E-state index is 12.3. The molecule has 160 valence electrons. The van der Waals surface area contributed by atoms with Crippen molar-refractivity contribution in [2.24, 2.45) is 0 Å². The van der Waals surface area contributed by atoms with E-state index in [-0.39, 0.29) is 4.88 Å². The molecule has 11 heteroatoms. The summed E-state index contributed by atoms with van der Waals surface area (Å²) in [4.78, 5) is 48.1. The second-order valence-electron chi connectivity index (χ2n) is 6.07. The highest BCUT2D eigenvalue weighted by molar-refractivity contribution is 9.10. The van der Waals surface area contributed by atoms with E-state index in [4.69, 9.17) is 16.3 Å². The van der Waals surface area contributed by atoms with E-state index in [0.717, 1.165) is 10.1 Å². The van der Waals surface area contributed by atoms with Crippen LogP contribution in [-0.4, -0.2) is 36.8 Å². The summed E-state index contributed by atoms with van der Waals surface area (Å²) in [5.74, 6) is -2.63. The number of thiophene rings is 1. The molecule has 3 amide bonds. The average molecular weight is 525 g/mol. The monoisotopic (exact) mass is 523 g/mol. The molecule has 2 aromatic carbocycles. The highest BCUT2D eigenvalue weighted by Crippen LogP contribution is 2.34. The van der Waals surface area contributed by atoms with Gasteiger partial charge in [0.15, 0.2) is 6.61 Å².